The summed E-state index contributed by atoms with van der Waals surface area (Å²) in [6, 6.07) is 1.85. The molecule has 0 aliphatic heterocycles. The van der Waals surface area contributed by atoms with Crippen LogP contribution in [0, 0.1) is 0 Å². The van der Waals surface area contributed by atoms with Gasteiger partial charge in [-0.1, -0.05) is 109 Å². The molecule has 0 aliphatic carbocycles. The minimum Gasteiger partial charge on any atom is -0.456 e. The van der Waals surface area contributed by atoms with Crippen molar-refractivity contribution in [1.29, 1.82) is 0 Å². The summed E-state index contributed by atoms with van der Waals surface area (Å²) in [5.74, 6) is -0.0415. The summed E-state index contributed by atoms with van der Waals surface area (Å²) in [4.78, 5) is 0. The van der Waals surface area contributed by atoms with Crippen LogP contribution < -0.4 is 0 Å². The summed E-state index contributed by atoms with van der Waals surface area (Å²) in [6.45, 7) is 0. The molecule has 2 heteroatoms. The van der Waals surface area contributed by atoms with Gasteiger partial charge in [0.1, 0.15) is 22.5 Å². The minimum atomic E-state index is -0.772. The van der Waals surface area contributed by atoms with E-state index in [1.165, 1.54) is 0 Å². The van der Waals surface area contributed by atoms with Crippen molar-refractivity contribution in [3.63, 3.8) is 0 Å². The lowest BCUT2D eigenvalue weighted by atomic mass is 9.86. The fraction of sp³-hybridized carbons (Fsp3) is 0. The zero-order valence-electron chi connectivity index (χ0n) is 35.4. The zero-order valence-corrected chi connectivity index (χ0v) is 20.4. The number of para-hydroxylation sites is 1. The first-order valence-electron chi connectivity index (χ1n) is 19.9. The van der Waals surface area contributed by atoms with Gasteiger partial charge in [0.25, 0.3) is 0 Å². The van der Waals surface area contributed by atoms with E-state index in [1.54, 1.807) is 24.3 Å². The van der Waals surface area contributed by atoms with Crippen LogP contribution in [0.4, 0.5) is 0 Å². The van der Waals surface area contributed by atoms with Crippen molar-refractivity contribution in [2.24, 2.45) is 0 Å². The molecule has 0 spiro atoms. The molecule has 9 aromatic rings. The Morgan fingerprint density at radius 1 is 0.450 bits per heavy atom. The summed E-state index contributed by atoms with van der Waals surface area (Å²) < 4.78 is 146. The largest absolute Gasteiger partial charge is 0.456 e. The van der Waals surface area contributed by atoms with Gasteiger partial charge in [-0.05, 0) is 67.7 Å². The number of rotatable bonds is 2. The maximum atomic E-state index is 9.27. The molecule has 0 saturated carbocycles. The standard InChI is InChI=1S/C38H22O2/c1-2-12-24-23(10-1)11-9-18-26(24)36-27-14-3-5-16-29(27)37(30-17-6-4-15-28(30)36)35-22-32-34(39-35)21-20-31-25-13-7-8-19-33(25)40-38(31)32/h1-22H/i1D,2D,3D,4D,5D,6D,9D,10D,11D,12D,14D,15D,16D,17D,18D. The summed E-state index contributed by atoms with van der Waals surface area (Å²) >= 11 is 0. The smallest absolute Gasteiger partial charge is 0.146 e. The Morgan fingerprint density at radius 2 is 1.07 bits per heavy atom. The average Bonchev–Trinajstić information content (AvgIpc) is 3.79. The fourth-order valence-corrected chi connectivity index (χ4v) is 5.54. The molecule has 0 aliphatic rings. The molecule has 0 radical (unpaired) electrons. The number of benzene rings is 7. The van der Waals surface area contributed by atoms with E-state index in [4.69, 9.17) is 22.5 Å². The Bertz CT molecular complexity index is 3180. The van der Waals surface area contributed by atoms with Gasteiger partial charge in [0.2, 0.25) is 0 Å². The van der Waals surface area contributed by atoms with Crippen molar-refractivity contribution in [2.45, 2.75) is 0 Å². The Labute approximate surface area is 250 Å². The van der Waals surface area contributed by atoms with E-state index in [0.29, 0.717) is 22.1 Å². The topological polar surface area (TPSA) is 26.3 Å². The molecule has 0 atom stereocenters. The number of furan rings is 2. The van der Waals surface area contributed by atoms with E-state index in [2.05, 4.69) is 0 Å². The molecule has 0 fully saturated rings. The predicted molar refractivity (Wildman–Crippen MR) is 167 cm³/mol. The molecule has 0 saturated heterocycles. The quantitative estimate of drug-likeness (QED) is 0.210. The summed E-state index contributed by atoms with van der Waals surface area (Å²) in [6.07, 6.45) is 0. The second kappa shape index (κ2) is 8.08. The first-order valence-corrected chi connectivity index (χ1v) is 12.4. The molecule has 2 nitrogen and oxygen atoms in total. The van der Waals surface area contributed by atoms with E-state index in [1.807, 2.05) is 18.2 Å². The van der Waals surface area contributed by atoms with Gasteiger partial charge in [-0.2, -0.15) is 0 Å². The third-order valence-electron chi connectivity index (χ3n) is 7.22. The lowest BCUT2D eigenvalue weighted by Gasteiger charge is -2.17. The Morgan fingerprint density at radius 3 is 1.85 bits per heavy atom. The molecule has 7 aromatic carbocycles. The molecule has 186 valence electrons. The summed E-state index contributed by atoms with van der Waals surface area (Å²) in [5, 5.41) is -0.0660. The minimum absolute atomic E-state index is 0.0415. The van der Waals surface area contributed by atoms with Crippen LogP contribution in [0.25, 0.3) is 87.7 Å². The average molecular weight is 526 g/mol. The Hall–Kier alpha value is -5.34. The highest BCUT2D eigenvalue weighted by Crippen LogP contribution is 2.47. The maximum absolute atomic E-state index is 9.27. The van der Waals surface area contributed by atoms with Gasteiger partial charge in [0.05, 0.1) is 25.9 Å². The van der Waals surface area contributed by atoms with Crippen molar-refractivity contribution in [2.75, 3.05) is 0 Å². The third kappa shape index (κ3) is 2.93. The van der Waals surface area contributed by atoms with Crippen molar-refractivity contribution in [3.8, 4) is 22.5 Å². The molecule has 2 heterocycles. The summed E-state index contributed by atoms with van der Waals surface area (Å²) in [7, 11) is 0. The lowest BCUT2D eigenvalue weighted by Crippen LogP contribution is -1.90. The molecular weight excluding hydrogens is 488 g/mol. The molecule has 0 N–H and O–H groups in total. The normalized spacial score (nSPS) is 17.2. The predicted octanol–water partition coefficient (Wildman–Crippen LogP) is 11.1. The van der Waals surface area contributed by atoms with Gasteiger partial charge in [-0.25, -0.2) is 0 Å². The molecule has 9 rings (SSSR count). The van der Waals surface area contributed by atoms with E-state index in [-0.39, 0.29) is 32.9 Å². The van der Waals surface area contributed by atoms with Crippen LogP contribution >= 0.6 is 0 Å². The SMILES string of the molecule is [2H]c1c([2H])c([2H])c2c(-c3c4c([2H])c([2H])c([2H])c([2H])c4c(-c4cc5c(ccc6c7ccccc7oc56)o4)c4c([2H])c([2H])c([2H])c([2H])c34)c([2H])c([2H])c([2H])c2c1[2H]. The Kier molecular flexibility index (Phi) is 2.39. The molecule has 0 amide bonds. The van der Waals surface area contributed by atoms with E-state index in [0.717, 1.165) is 10.8 Å². The molecule has 0 unspecified atom stereocenters. The first-order chi connectivity index (χ1) is 26.1. The molecule has 40 heavy (non-hydrogen) atoms. The highest BCUT2D eigenvalue weighted by Gasteiger charge is 2.21. The van der Waals surface area contributed by atoms with Crippen LogP contribution in [0.1, 0.15) is 20.6 Å². The monoisotopic (exact) mass is 525 g/mol. The number of hydrogen-bond acceptors (Lipinski definition) is 2. The van der Waals surface area contributed by atoms with Crippen LogP contribution in [-0.2, 0) is 0 Å². The van der Waals surface area contributed by atoms with Crippen molar-refractivity contribution in [3.05, 3.63) is 133 Å². The van der Waals surface area contributed by atoms with Gasteiger partial charge < -0.3 is 8.83 Å². The highest BCUT2D eigenvalue weighted by atomic mass is 16.3. The van der Waals surface area contributed by atoms with Gasteiger partial charge in [-0.15, -0.1) is 0 Å². The van der Waals surface area contributed by atoms with Crippen LogP contribution in [-0.4, -0.2) is 0 Å². The molecular formula is C38H22O2. The fourth-order valence-electron chi connectivity index (χ4n) is 5.54. The first kappa shape index (κ1) is 11.8. The van der Waals surface area contributed by atoms with Crippen molar-refractivity contribution >= 4 is 65.2 Å². The van der Waals surface area contributed by atoms with Crippen molar-refractivity contribution in [1.82, 2.24) is 0 Å². The van der Waals surface area contributed by atoms with Crippen LogP contribution in [0.3, 0.4) is 0 Å². The maximum Gasteiger partial charge on any atom is 0.146 e. The molecule has 0 bridgehead atoms. The second-order valence-electron chi connectivity index (χ2n) is 9.31. The Balaban J connectivity index is 1.60. The van der Waals surface area contributed by atoms with E-state index >= 15 is 0 Å². The lowest BCUT2D eigenvalue weighted by molar-refractivity contribution is 0.632. The third-order valence-corrected chi connectivity index (χ3v) is 7.22. The van der Waals surface area contributed by atoms with Gasteiger partial charge in [-0.3, -0.25) is 0 Å². The van der Waals surface area contributed by atoms with Crippen LogP contribution in [0.2, 0.25) is 0 Å². The highest BCUT2D eigenvalue weighted by molar-refractivity contribution is 6.24. The molecule has 2 aromatic heterocycles. The van der Waals surface area contributed by atoms with Gasteiger partial charge >= 0.3 is 0 Å². The van der Waals surface area contributed by atoms with E-state index in [9.17, 15) is 6.85 Å². The number of fused-ring (bicyclic) bond motifs is 8. The van der Waals surface area contributed by atoms with Crippen molar-refractivity contribution < 1.29 is 29.4 Å². The summed E-state index contributed by atoms with van der Waals surface area (Å²) in [5.41, 5.74) is 0.356. The second-order valence-corrected chi connectivity index (χ2v) is 9.31. The van der Waals surface area contributed by atoms with Crippen LogP contribution in [0.5, 0.6) is 0 Å². The zero-order chi connectivity index (χ0) is 39.3. The van der Waals surface area contributed by atoms with E-state index < -0.39 is 113 Å². The van der Waals surface area contributed by atoms with Gasteiger partial charge in [0, 0.05) is 16.3 Å². The number of hydrogen-bond donors (Lipinski definition) is 0. The van der Waals surface area contributed by atoms with Gasteiger partial charge in [0.15, 0.2) is 0 Å². The van der Waals surface area contributed by atoms with Crippen LogP contribution in [0.15, 0.2) is 142 Å².